The van der Waals surface area contributed by atoms with Crippen molar-refractivity contribution in [2.45, 2.75) is 19.9 Å². The molecule has 2 aromatic carbocycles. The third-order valence-corrected chi connectivity index (χ3v) is 5.38. The monoisotopic (exact) mass is 391 g/mol. The lowest BCUT2D eigenvalue weighted by Gasteiger charge is -2.34. The van der Waals surface area contributed by atoms with Crippen LogP contribution in [0.15, 0.2) is 42.5 Å². The van der Waals surface area contributed by atoms with Crippen molar-refractivity contribution in [2.24, 2.45) is 0 Å². The van der Waals surface area contributed by atoms with Gasteiger partial charge in [0.15, 0.2) is 0 Å². The first-order valence-electron chi connectivity index (χ1n) is 10.0. The summed E-state index contributed by atoms with van der Waals surface area (Å²) in [6.07, 6.45) is 0. The molecule has 3 rings (SSSR count). The number of hydrogen-bond donors (Lipinski definition) is 2. The van der Waals surface area contributed by atoms with Crippen LogP contribution in [0, 0.1) is 18.8 Å². The number of nitrogens with one attached hydrogen (secondary N) is 1. The van der Waals surface area contributed by atoms with E-state index in [1.165, 1.54) is 0 Å². The summed E-state index contributed by atoms with van der Waals surface area (Å²) in [5.74, 6) is 5.49. The lowest BCUT2D eigenvalue weighted by Crippen LogP contribution is -2.44. The molecule has 1 heterocycles. The van der Waals surface area contributed by atoms with Crippen molar-refractivity contribution in [1.82, 2.24) is 10.2 Å². The van der Waals surface area contributed by atoms with Crippen molar-refractivity contribution in [3.8, 4) is 11.8 Å². The van der Waals surface area contributed by atoms with Crippen molar-refractivity contribution in [2.75, 3.05) is 44.7 Å². The maximum absolute atomic E-state index is 13.0. The smallest absolute Gasteiger partial charge is 0.252 e. The summed E-state index contributed by atoms with van der Waals surface area (Å²) in [6.45, 7) is 7.77. The lowest BCUT2D eigenvalue weighted by molar-refractivity contribution is 0.0939. The van der Waals surface area contributed by atoms with Crippen LogP contribution in [0.2, 0.25) is 0 Å². The van der Waals surface area contributed by atoms with E-state index in [4.69, 9.17) is 5.11 Å². The Balaban J connectivity index is 1.74. The highest BCUT2D eigenvalue weighted by Gasteiger charge is 2.18. The highest BCUT2D eigenvalue weighted by atomic mass is 16.2. The third-order valence-electron chi connectivity index (χ3n) is 5.38. The molecular formula is C24H29N3O2. The van der Waals surface area contributed by atoms with Crippen LogP contribution in [0.3, 0.4) is 0 Å². The Hall–Kier alpha value is -2.81. The SMILES string of the molecule is Cc1ccc(N2CCN(C)CC2)cc1C(=O)NC(C)c1cccc(C#CCO)c1. The van der Waals surface area contributed by atoms with Gasteiger partial charge in [0, 0.05) is 43.0 Å². The number of carbonyl (C=O) groups excluding carboxylic acids is 1. The molecule has 1 unspecified atom stereocenters. The zero-order chi connectivity index (χ0) is 20.8. The zero-order valence-electron chi connectivity index (χ0n) is 17.4. The number of amides is 1. The van der Waals surface area contributed by atoms with Crippen molar-refractivity contribution >= 4 is 11.6 Å². The van der Waals surface area contributed by atoms with Crippen LogP contribution < -0.4 is 10.2 Å². The fraction of sp³-hybridized carbons (Fsp3) is 0.375. The standard InChI is InChI=1S/C24H29N3O2/c1-18-9-10-22(27-13-11-26(3)12-14-27)17-23(18)24(29)25-19(2)21-8-4-6-20(16-21)7-5-15-28/h4,6,8-10,16-17,19,28H,11-15H2,1-3H3,(H,25,29). The topological polar surface area (TPSA) is 55.8 Å². The molecule has 152 valence electrons. The van der Waals surface area contributed by atoms with E-state index in [1.807, 2.05) is 50.2 Å². The minimum absolute atomic E-state index is 0.0715. The minimum atomic E-state index is -0.167. The molecule has 0 radical (unpaired) electrons. The Labute approximate surface area is 173 Å². The molecule has 0 aliphatic carbocycles. The number of hydrogen-bond acceptors (Lipinski definition) is 4. The second-order valence-electron chi connectivity index (χ2n) is 7.57. The molecule has 1 fully saturated rings. The molecule has 2 aromatic rings. The van der Waals surface area contributed by atoms with Gasteiger partial charge in [0.05, 0.1) is 6.04 Å². The van der Waals surface area contributed by atoms with Gasteiger partial charge in [-0.3, -0.25) is 4.79 Å². The Morgan fingerprint density at radius 1 is 1.17 bits per heavy atom. The van der Waals surface area contributed by atoms with Gasteiger partial charge in [0.25, 0.3) is 5.91 Å². The molecule has 2 N–H and O–H groups in total. The second-order valence-corrected chi connectivity index (χ2v) is 7.57. The molecular weight excluding hydrogens is 362 g/mol. The molecule has 1 atom stereocenters. The minimum Gasteiger partial charge on any atom is -0.384 e. The predicted molar refractivity (Wildman–Crippen MR) is 117 cm³/mol. The fourth-order valence-corrected chi connectivity index (χ4v) is 3.50. The largest absolute Gasteiger partial charge is 0.384 e. The van der Waals surface area contributed by atoms with E-state index < -0.39 is 0 Å². The number of anilines is 1. The van der Waals surface area contributed by atoms with Crippen molar-refractivity contribution < 1.29 is 9.90 Å². The summed E-state index contributed by atoms with van der Waals surface area (Å²) < 4.78 is 0. The van der Waals surface area contributed by atoms with E-state index in [0.717, 1.165) is 48.6 Å². The number of likely N-dealkylation sites (N-methyl/N-ethyl adjacent to an activating group) is 1. The highest BCUT2D eigenvalue weighted by molar-refractivity contribution is 5.96. The number of piperazine rings is 1. The van der Waals surface area contributed by atoms with E-state index in [0.29, 0.717) is 5.56 Å². The average Bonchev–Trinajstić information content (AvgIpc) is 2.73. The van der Waals surface area contributed by atoms with Crippen molar-refractivity contribution in [3.05, 3.63) is 64.7 Å². The Bertz CT molecular complexity index is 921. The first kappa shape index (κ1) is 20.9. The molecule has 1 saturated heterocycles. The summed E-state index contributed by atoms with van der Waals surface area (Å²) in [4.78, 5) is 17.6. The van der Waals surface area contributed by atoms with Gasteiger partial charge in [0.1, 0.15) is 6.61 Å². The molecule has 5 heteroatoms. The van der Waals surface area contributed by atoms with Crippen LogP contribution in [0.25, 0.3) is 0 Å². The number of rotatable bonds is 4. The zero-order valence-corrected chi connectivity index (χ0v) is 17.4. The number of carbonyl (C=O) groups is 1. The molecule has 0 spiro atoms. The Kier molecular flexibility index (Phi) is 6.92. The van der Waals surface area contributed by atoms with E-state index in [1.54, 1.807) is 0 Å². The first-order valence-corrected chi connectivity index (χ1v) is 10.0. The Morgan fingerprint density at radius 2 is 1.93 bits per heavy atom. The quantitative estimate of drug-likeness (QED) is 0.787. The van der Waals surface area contributed by atoms with Gasteiger partial charge in [-0.1, -0.05) is 30.0 Å². The van der Waals surface area contributed by atoms with E-state index in [-0.39, 0.29) is 18.6 Å². The maximum atomic E-state index is 13.0. The van der Waals surface area contributed by atoms with Crippen LogP contribution in [0.5, 0.6) is 0 Å². The molecule has 29 heavy (non-hydrogen) atoms. The molecule has 1 aliphatic heterocycles. The van der Waals surface area contributed by atoms with Crippen LogP contribution in [-0.4, -0.2) is 55.7 Å². The first-order chi connectivity index (χ1) is 14.0. The average molecular weight is 392 g/mol. The Morgan fingerprint density at radius 3 is 2.66 bits per heavy atom. The summed E-state index contributed by atoms with van der Waals surface area (Å²) in [7, 11) is 2.14. The van der Waals surface area contributed by atoms with Gasteiger partial charge in [-0.05, 0) is 56.3 Å². The van der Waals surface area contributed by atoms with Crippen molar-refractivity contribution in [3.63, 3.8) is 0 Å². The van der Waals surface area contributed by atoms with Crippen LogP contribution in [-0.2, 0) is 0 Å². The van der Waals surface area contributed by atoms with Gasteiger partial charge < -0.3 is 20.2 Å². The summed E-state index contributed by atoms with van der Waals surface area (Å²) in [6, 6.07) is 13.7. The second kappa shape index (κ2) is 9.60. The van der Waals surface area contributed by atoms with Gasteiger partial charge in [0.2, 0.25) is 0 Å². The predicted octanol–water partition coefficient (Wildman–Crippen LogP) is 2.58. The lowest BCUT2D eigenvalue weighted by atomic mass is 10.0. The number of benzene rings is 2. The number of aliphatic hydroxyl groups is 1. The molecule has 0 bridgehead atoms. The highest BCUT2D eigenvalue weighted by Crippen LogP contribution is 2.22. The van der Waals surface area contributed by atoms with Gasteiger partial charge in [-0.15, -0.1) is 0 Å². The summed E-state index contributed by atoms with van der Waals surface area (Å²) in [5, 5.41) is 12.0. The van der Waals surface area contributed by atoms with E-state index in [9.17, 15) is 4.79 Å². The summed E-state index contributed by atoms with van der Waals surface area (Å²) in [5.41, 5.74) is 4.59. The normalized spacial score (nSPS) is 15.4. The van der Waals surface area contributed by atoms with Crippen molar-refractivity contribution in [1.29, 1.82) is 0 Å². The van der Waals surface area contributed by atoms with E-state index >= 15 is 0 Å². The number of nitrogens with zero attached hydrogens (tertiary/aromatic N) is 2. The molecule has 0 aromatic heterocycles. The molecule has 1 aliphatic rings. The summed E-state index contributed by atoms with van der Waals surface area (Å²) >= 11 is 0. The fourth-order valence-electron chi connectivity index (χ4n) is 3.50. The number of aliphatic hydroxyl groups excluding tert-OH is 1. The molecule has 0 saturated carbocycles. The third kappa shape index (κ3) is 5.38. The molecule has 5 nitrogen and oxygen atoms in total. The van der Waals surface area contributed by atoms with Crippen LogP contribution in [0.4, 0.5) is 5.69 Å². The number of aryl methyl sites for hydroxylation is 1. The van der Waals surface area contributed by atoms with Gasteiger partial charge in [-0.25, -0.2) is 0 Å². The van der Waals surface area contributed by atoms with Crippen LogP contribution in [0.1, 0.15) is 40.0 Å². The van der Waals surface area contributed by atoms with Gasteiger partial charge >= 0.3 is 0 Å². The van der Waals surface area contributed by atoms with Crippen LogP contribution >= 0.6 is 0 Å². The maximum Gasteiger partial charge on any atom is 0.252 e. The van der Waals surface area contributed by atoms with Gasteiger partial charge in [-0.2, -0.15) is 0 Å². The van der Waals surface area contributed by atoms with E-state index in [2.05, 4.69) is 40.1 Å². The molecule has 1 amide bonds.